The first-order valence-electron chi connectivity index (χ1n) is 8.43. The van der Waals surface area contributed by atoms with Crippen LogP contribution in [0.2, 0.25) is 0 Å². The first kappa shape index (κ1) is 19.9. The Morgan fingerprint density at radius 1 is 1.44 bits per heavy atom. The minimum absolute atomic E-state index is 0. The molecule has 1 unspecified atom stereocenters. The van der Waals surface area contributed by atoms with Gasteiger partial charge in [0.2, 0.25) is 5.91 Å². The normalized spacial score (nSPS) is 17.9. The number of aromatic nitrogens is 2. The van der Waals surface area contributed by atoms with Crippen LogP contribution in [0.25, 0.3) is 0 Å². The number of hydrogen-bond acceptors (Lipinski definition) is 5. The number of rotatable bonds is 6. The van der Waals surface area contributed by atoms with Gasteiger partial charge in [-0.3, -0.25) is 9.69 Å². The van der Waals surface area contributed by atoms with Crippen molar-refractivity contribution in [3.8, 4) is 0 Å². The van der Waals surface area contributed by atoms with Gasteiger partial charge < -0.3 is 15.2 Å². The molecular weight excluding hydrogens is 358 g/mol. The molecule has 0 aromatic carbocycles. The predicted molar refractivity (Wildman–Crippen MR) is 103 cm³/mol. The molecule has 8 heteroatoms. The minimum Gasteiger partial charge on any atom is -0.350 e. The number of aryl methyl sites for hydroxylation is 2. The molecule has 6 nitrogen and oxygen atoms in total. The van der Waals surface area contributed by atoms with Gasteiger partial charge in [-0.1, -0.05) is 6.92 Å². The van der Waals surface area contributed by atoms with Crippen LogP contribution in [0.15, 0.2) is 24.5 Å². The zero-order valence-corrected chi connectivity index (χ0v) is 16.3. The van der Waals surface area contributed by atoms with Crippen LogP contribution in [-0.2, 0) is 24.8 Å². The first-order chi connectivity index (χ1) is 11.7. The van der Waals surface area contributed by atoms with E-state index in [0.717, 1.165) is 31.9 Å². The number of thiophene rings is 1. The highest BCUT2D eigenvalue weighted by molar-refractivity contribution is 7.11. The van der Waals surface area contributed by atoms with E-state index in [0.29, 0.717) is 13.1 Å². The van der Waals surface area contributed by atoms with Gasteiger partial charge in [0.05, 0.1) is 19.1 Å². The summed E-state index contributed by atoms with van der Waals surface area (Å²) in [5.74, 6) is 1.07. The fraction of sp³-hybridized carbons (Fsp3) is 0.529. The molecular formula is C17H26ClN5OS. The lowest BCUT2D eigenvalue weighted by Gasteiger charge is -2.35. The largest absolute Gasteiger partial charge is 0.350 e. The Bertz CT molecular complexity index is 686. The van der Waals surface area contributed by atoms with Crippen LogP contribution in [0.1, 0.15) is 28.5 Å². The lowest BCUT2D eigenvalue weighted by atomic mass is 10.1. The molecule has 1 saturated heterocycles. The summed E-state index contributed by atoms with van der Waals surface area (Å²) < 4.78 is 2.03. The quantitative estimate of drug-likeness (QED) is 0.797. The van der Waals surface area contributed by atoms with E-state index in [-0.39, 0.29) is 24.4 Å². The highest BCUT2D eigenvalue weighted by Gasteiger charge is 2.28. The summed E-state index contributed by atoms with van der Waals surface area (Å²) >= 11 is 1.77. The van der Waals surface area contributed by atoms with E-state index in [1.807, 2.05) is 24.0 Å². The van der Waals surface area contributed by atoms with Crippen molar-refractivity contribution >= 4 is 29.7 Å². The SMILES string of the molecule is CCc1ccc(CNC(=O)CN2CCNCC2c2nccn2C)s1.Cl. The number of amides is 1. The van der Waals surface area contributed by atoms with E-state index >= 15 is 0 Å². The number of carbonyl (C=O) groups is 1. The van der Waals surface area contributed by atoms with Gasteiger partial charge >= 0.3 is 0 Å². The molecule has 1 atom stereocenters. The Morgan fingerprint density at radius 3 is 2.92 bits per heavy atom. The molecule has 0 bridgehead atoms. The van der Waals surface area contributed by atoms with Crippen LogP contribution in [0.3, 0.4) is 0 Å². The molecule has 2 aromatic rings. The molecule has 2 N–H and O–H groups in total. The highest BCUT2D eigenvalue weighted by Crippen LogP contribution is 2.20. The molecule has 1 aliphatic heterocycles. The van der Waals surface area contributed by atoms with Crippen LogP contribution < -0.4 is 10.6 Å². The van der Waals surface area contributed by atoms with Crippen molar-refractivity contribution in [2.24, 2.45) is 7.05 Å². The lowest BCUT2D eigenvalue weighted by Crippen LogP contribution is -2.50. The second-order valence-corrected chi connectivity index (χ2v) is 7.34. The van der Waals surface area contributed by atoms with Gasteiger partial charge in [-0.2, -0.15) is 0 Å². The molecule has 1 aliphatic rings. The smallest absolute Gasteiger partial charge is 0.234 e. The number of nitrogens with zero attached hydrogens (tertiary/aromatic N) is 3. The van der Waals surface area contributed by atoms with Crippen LogP contribution in [0, 0.1) is 0 Å². The van der Waals surface area contributed by atoms with Gasteiger partial charge in [-0.15, -0.1) is 23.7 Å². The number of halogens is 1. The van der Waals surface area contributed by atoms with Gasteiger partial charge in [-0.05, 0) is 18.6 Å². The molecule has 0 radical (unpaired) electrons. The average Bonchev–Trinajstić information content (AvgIpc) is 3.22. The van der Waals surface area contributed by atoms with Crippen LogP contribution in [0.5, 0.6) is 0 Å². The first-order valence-corrected chi connectivity index (χ1v) is 9.25. The summed E-state index contributed by atoms with van der Waals surface area (Å²) in [5.41, 5.74) is 0. The highest BCUT2D eigenvalue weighted by atomic mass is 35.5. The molecule has 25 heavy (non-hydrogen) atoms. The number of hydrogen-bond donors (Lipinski definition) is 2. The summed E-state index contributed by atoms with van der Waals surface area (Å²) in [7, 11) is 2.00. The van der Waals surface area contributed by atoms with Crippen molar-refractivity contribution in [3.63, 3.8) is 0 Å². The fourth-order valence-corrected chi connectivity index (χ4v) is 3.92. The zero-order valence-electron chi connectivity index (χ0n) is 14.7. The van der Waals surface area contributed by atoms with Crippen molar-refractivity contribution in [2.45, 2.75) is 25.9 Å². The third-order valence-corrected chi connectivity index (χ3v) is 5.61. The van der Waals surface area contributed by atoms with Gasteiger partial charge in [0, 0.05) is 48.8 Å². The molecule has 1 fully saturated rings. The Labute approximate surface area is 159 Å². The number of imidazole rings is 1. The van der Waals surface area contributed by atoms with E-state index in [4.69, 9.17) is 0 Å². The summed E-state index contributed by atoms with van der Waals surface area (Å²) in [5, 5.41) is 6.44. The third-order valence-electron chi connectivity index (χ3n) is 4.38. The topological polar surface area (TPSA) is 62.2 Å². The van der Waals surface area contributed by atoms with E-state index < -0.39 is 0 Å². The summed E-state index contributed by atoms with van der Waals surface area (Å²) in [4.78, 5) is 21.6. The van der Waals surface area contributed by atoms with Crippen LogP contribution in [0.4, 0.5) is 0 Å². The van der Waals surface area contributed by atoms with E-state index in [1.54, 1.807) is 11.3 Å². The van der Waals surface area contributed by atoms with Crippen LogP contribution >= 0.6 is 23.7 Å². The summed E-state index contributed by atoms with van der Waals surface area (Å²) in [6, 6.07) is 4.38. The summed E-state index contributed by atoms with van der Waals surface area (Å²) in [6.45, 7) is 5.75. The minimum atomic E-state index is 0. The third kappa shape index (κ3) is 5.04. The Balaban J connectivity index is 0.00000225. The molecule has 138 valence electrons. The maximum atomic E-state index is 12.4. The average molecular weight is 384 g/mol. The maximum Gasteiger partial charge on any atom is 0.234 e. The van der Waals surface area contributed by atoms with Crippen molar-refractivity contribution in [1.82, 2.24) is 25.1 Å². The lowest BCUT2D eigenvalue weighted by molar-refractivity contribution is -0.123. The second-order valence-electron chi connectivity index (χ2n) is 6.09. The Hall–Kier alpha value is -1.41. The molecule has 2 aromatic heterocycles. The van der Waals surface area contributed by atoms with Gasteiger partial charge in [0.15, 0.2) is 0 Å². The van der Waals surface area contributed by atoms with Crippen molar-refractivity contribution in [3.05, 3.63) is 40.1 Å². The molecule has 3 rings (SSSR count). The predicted octanol–water partition coefficient (Wildman–Crippen LogP) is 1.73. The molecule has 0 spiro atoms. The molecule has 3 heterocycles. The van der Waals surface area contributed by atoms with E-state index in [9.17, 15) is 4.79 Å². The van der Waals surface area contributed by atoms with Crippen molar-refractivity contribution in [2.75, 3.05) is 26.2 Å². The monoisotopic (exact) mass is 383 g/mol. The second kappa shape index (κ2) is 9.33. The van der Waals surface area contributed by atoms with Crippen molar-refractivity contribution < 1.29 is 4.79 Å². The number of nitrogens with one attached hydrogen (secondary N) is 2. The number of piperazine rings is 1. The molecule has 0 saturated carbocycles. The molecule has 1 amide bonds. The zero-order chi connectivity index (χ0) is 16.9. The van der Waals surface area contributed by atoms with Gasteiger partial charge in [0.1, 0.15) is 5.82 Å². The van der Waals surface area contributed by atoms with E-state index in [1.165, 1.54) is 9.75 Å². The van der Waals surface area contributed by atoms with Gasteiger partial charge in [-0.25, -0.2) is 4.98 Å². The Morgan fingerprint density at radius 2 is 2.24 bits per heavy atom. The Kier molecular flexibility index (Phi) is 7.43. The van der Waals surface area contributed by atoms with E-state index in [2.05, 4.69) is 39.6 Å². The summed E-state index contributed by atoms with van der Waals surface area (Å²) in [6.07, 6.45) is 4.80. The van der Waals surface area contributed by atoms with Crippen LogP contribution in [-0.4, -0.2) is 46.5 Å². The molecule has 0 aliphatic carbocycles. The van der Waals surface area contributed by atoms with Gasteiger partial charge in [0.25, 0.3) is 0 Å². The van der Waals surface area contributed by atoms with Crippen molar-refractivity contribution in [1.29, 1.82) is 0 Å². The fourth-order valence-electron chi connectivity index (χ4n) is 3.02. The number of carbonyl (C=O) groups excluding carboxylic acids is 1. The standard InChI is InChI=1S/C17H25N5OS.ClH/c1-3-13-4-5-14(24-13)10-20-16(23)12-22-9-6-18-11-15(22)17-19-7-8-21(17)2;/h4-5,7-8,15,18H,3,6,9-12H2,1-2H3,(H,20,23);1H. The maximum absolute atomic E-state index is 12.4.